The first-order valence-corrected chi connectivity index (χ1v) is 5.79. The second kappa shape index (κ2) is 4.10. The molecule has 0 radical (unpaired) electrons. The first-order valence-electron chi connectivity index (χ1n) is 5.79. The fourth-order valence-electron chi connectivity index (χ4n) is 2.98. The molecule has 2 N–H and O–H groups in total. The van der Waals surface area contributed by atoms with Gasteiger partial charge in [0.2, 0.25) is 5.91 Å². The molecule has 15 heavy (non-hydrogen) atoms. The summed E-state index contributed by atoms with van der Waals surface area (Å²) in [4.78, 5) is 16.1. The number of fused-ring (bicyclic) bond motifs is 2. The van der Waals surface area contributed by atoms with Crippen LogP contribution in [0.4, 0.5) is 0 Å². The lowest BCUT2D eigenvalue weighted by Gasteiger charge is -2.38. The van der Waals surface area contributed by atoms with Gasteiger partial charge >= 0.3 is 0 Å². The summed E-state index contributed by atoms with van der Waals surface area (Å²) in [6.07, 6.45) is 4.29. The number of piperidine rings is 1. The summed E-state index contributed by atoms with van der Waals surface area (Å²) in [5.74, 6) is 0.277. The number of amides is 1. The molecule has 4 heteroatoms. The molecule has 2 heterocycles. The van der Waals surface area contributed by atoms with Crippen LogP contribution in [0, 0.1) is 0 Å². The second-order valence-electron chi connectivity index (χ2n) is 5.16. The fourth-order valence-corrected chi connectivity index (χ4v) is 2.98. The van der Waals surface area contributed by atoms with E-state index in [0.29, 0.717) is 24.7 Å². The van der Waals surface area contributed by atoms with E-state index in [1.54, 1.807) is 0 Å². The van der Waals surface area contributed by atoms with Crippen LogP contribution in [-0.2, 0) is 4.79 Å². The van der Waals surface area contributed by atoms with Gasteiger partial charge in [0, 0.05) is 18.1 Å². The van der Waals surface area contributed by atoms with Crippen molar-refractivity contribution >= 4 is 5.91 Å². The Morgan fingerprint density at radius 3 is 2.33 bits per heavy atom. The Hall–Kier alpha value is -0.610. The number of rotatable bonds is 2. The zero-order valence-corrected chi connectivity index (χ0v) is 9.65. The predicted octanol–water partition coefficient (Wildman–Crippen LogP) is 0.0287. The smallest absolute Gasteiger partial charge is 0.237 e. The topological polar surface area (TPSA) is 49.6 Å². The van der Waals surface area contributed by atoms with Crippen molar-refractivity contribution in [3.8, 4) is 0 Å². The van der Waals surface area contributed by atoms with Gasteiger partial charge in [-0.3, -0.25) is 4.79 Å². The molecule has 0 aromatic heterocycles. The van der Waals surface area contributed by atoms with Crippen molar-refractivity contribution in [3.05, 3.63) is 0 Å². The van der Waals surface area contributed by atoms with E-state index in [4.69, 9.17) is 5.73 Å². The van der Waals surface area contributed by atoms with E-state index in [2.05, 4.69) is 4.90 Å². The molecule has 2 atom stereocenters. The van der Waals surface area contributed by atoms with Crippen molar-refractivity contribution in [2.24, 2.45) is 5.73 Å². The van der Waals surface area contributed by atoms with Gasteiger partial charge in [0.15, 0.2) is 0 Å². The third-order valence-electron chi connectivity index (χ3n) is 3.51. The molecule has 2 fully saturated rings. The highest BCUT2D eigenvalue weighted by Gasteiger charge is 2.41. The first-order chi connectivity index (χ1) is 7.08. The van der Waals surface area contributed by atoms with Gasteiger partial charge in [-0.25, -0.2) is 0 Å². The summed E-state index contributed by atoms with van der Waals surface area (Å²) in [7, 11) is 3.88. The van der Waals surface area contributed by atoms with Gasteiger partial charge in [0.05, 0.1) is 6.54 Å². The average molecular weight is 211 g/mol. The summed E-state index contributed by atoms with van der Waals surface area (Å²) in [6, 6.07) is 1.16. The van der Waals surface area contributed by atoms with Crippen molar-refractivity contribution in [3.63, 3.8) is 0 Å². The largest absolute Gasteiger partial charge is 0.336 e. The highest BCUT2D eigenvalue weighted by Crippen LogP contribution is 2.34. The zero-order chi connectivity index (χ0) is 11.0. The molecular weight excluding hydrogens is 190 g/mol. The molecule has 0 aromatic rings. The van der Waals surface area contributed by atoms with Crippen molar-refractivity contribution in [1.29, 1.82) is 0 Å². The van der Waals surface area contributed by atoms with E-state index >= 15 is 0 Å². The fraction of sp³-hybridized carbons (Fsp3) is 0.909. The molecule has 86 valence electrons. The highest BCUT2D eigenvalue weighted by molar-refractivity contribution is 5.79. The first kappa shape index (κ1) is 10.9. The van der Waals surface area contributed by atoms with Crippen LogP contribution in [-0.4, -0.2) is 54.5 Å². The number of carbonyl (C=O) groups is 1. The van der Waals surface area contributed by atoms with E-state index in [0.717, 1.165) is 25.7 Å². The van der Waals surface area contributed by atoms with Gasteiger partial charge in [-0.05, 0) is 39.8 Å². The monoisotopic (exact) mass is 211 g/mol. The van der Waals surface area contributed by atoms with Crippen LogP contribution in [0.1, 0.15) is 25.7 Å². The molecule has 4 nitrogen and oxygen atoms in total. The Morgan fingerprint density at radius 2 is 1.87 bits per heavy atom. The maximum absolute atomic E-state index is 12.0. The summed E-state index contributed by atoms with van der Waals surface area (Å²) < 4.78 is 0. The zero-order valence-electron chi connectivity index (χ0n) is 9.65. The molecule has 2 aliphatic heterocycles. The van der Waals surface area contributed by atoms with Gasteiger partial charge in [0.1, 0.15) is 0 Å². The summed E-state index contributed by atoms with van der Waals surface area (Å²) in [5, 5.41) is 0. The summed E-state index contributed by atoms with van der Waals surface area (Å²) in [5.41, 5.74) is 5.97. The van der Waals surface area contributed by atoms with Crippen LogP contribution in [0.3, 0.4) is 0 Å². The molecule has 2 aliphatic rings. The Morgan fingerprint density at radius 1 is 1.33 bits per heavy atom. The molecule has 0 saturated carbocycles. The molecule has 2 rings (SSSR count). The minimum absolute atomic E-state index is 0.277. The lowest BCUT2D eigenvalue weighted by Crippen LogP contribution is -2.52. The van der Waals surface area contributed by atoms with Gasteiger partial charge in [-0.2, -0.15) is 0 Å². The van der Waals surface area contributed by atoms with E-state index in [1.807, 2.05) is 19.0 Å². The Balaban J connectivity index is 2.01. The molecule has 0 aliphatic carbocycles. The summed E-state index contributed by atoms with van der Waals surface area (Å²) >= 11 is 0. The third-order valence-corrected chi connectivity index (χ3v) is 3.51. The number of nitrogens with zero attached hydrogens (tertiary/aromatic N) is 2. The standard InChI is InChI=1S/C11H21N3O/c1-13(2)7-11(15)14-9-3-4-10(14)6-8(12)5-9/h8-10H,3-7,12H2,1-2H3. The van der Waals surface area contributed by atoms with E-state index in [9.17, 15) is 4.79 Å². The quantitative estimate of drug-likeness (QED) is 0.701. The van der Waals surface area contributed by atoms with E-state index in [-0.39, 0.29) is 5.91 Å². The third kappa shape index (κ3) is 2.16. The maximum atomic E-state index is 12.0. The maximum Gasteiger partial charge on any atom is 0.237 e. The minimum Gasteiger partial charge on any atom is -0.336 e. The molecule has 2 saturated heterocycles. The molecule has 0 spiro atoms. The van der Waals surface area contributed by atoms with Crippen LogP contribution in [0.25, 0.3) is 0 Å². The number of likely N-dealkylation sites (N-methyl/N-ethyl adjacent to an activating group) is 1. The van der Waals surface area contributed by atoms with E-state index < -0.39 is 0 Å². The summed E-state index contributed by atoms with van der Waals surface area (Å²) in [6.45, 7) is 0.530. The van der Waals surface area contributed by atoms with Crippen molar-refractivity contribution in [1.82, 2.24) is 9.80 Å². The minimum atomic E-state index is 0.277. The molecule has 1 amide bonds. The average Bonchev–Trinajstić information content (AvgIpc) is 2.38. The van der Waals surface area contributed by atoms with Gasteiger partial charge in [0.25, 0.3) is 0 Å². The second-order valence-corrected chi connectivity index (χ2v) is 5.16. The van der Waals surface area contributed by atoms with Crippen LogP contribution in [0.15, 0.2) is 0 Å². The molecule has 2 unspecified atom stereocenters. The van der Waals surface area contributed by atoms with Gasteiger partial charge < -0.3 is 15.5 Å². The van der Waals surface area contributed by atoms with E-state index in [1.165, 1.54) is 0 Å². The lowest BCUT2D eigenvalue weighted by atomic mass is 9.98. The van der Waals surface area contributed by atoms with Crippen LogP contribution in [0.2, 0.25) is 0 Å². The Labute approximate surface area is 91.4 Å². The highest BCUT2D eigenvalue weighted by atomic mass is 16.2. The van der Waals surface area contributed by atoms with Crippen LogP contribution in [0.5, 0.6) is 0 Å². The lowest BCUT2D eigenvalue weighted by molar-refractivity contribution is -0.136. The molecular formula is C11H21N3O. The van der Waals surface area contributed by atoms with Crippen LogP contribution < -0.4 is 5.73 Å². The number of nitrogens with two attached hydrogens (primary N) is 1. The predicted molar refractivity (Wildman–Crippen MR) is 59.4 cm³/mol. The number of hydrogen-bond donors (Lipinski definition) is 1. The van der Waals surface area contributed by atoms with Gasteiger partial charge in [-0.1, -0.05) is 0 Å². The van der Waals surface area contributed by atoms with Crippen molar-refractivity contribution < 1.29 is 4.79 Å². The number of carbonyl (C=O) groups excluding carboxylic acids is 1. The van der Waals surface area contributed by atoms with Crippen LogP contribution >= 0.6 is 0 Å². The Bertz CT molecular complexity index is 240. The molecule has 0 aromatic carbocycles. The normalized spacial score (nSPS) is 34.9. The van der Waals surface area contributed by atoms with Crippen molar-refractivity contribution in [2.75, 3.05) is 20.6 Å². The SMILES string of the molecule is CN(C)CC(=O)N1C2CCC1CC(N)C2. The number of hydrogen-bond acceptors (Lipinski definition) is 3. The molecule has 2 bridgehead atoms. The van der Waals surface area contributed by atoms with Gasteiger partial charge in [-0.15, -0.1) is 0 Å². The Kier molecular flexibility index (Phi) is 2.98. The van der Waals surface area contributed by atoms with Crippen molar-refractivity contribution in [2.45, 2.75) is 43.8 Å².